The predicted molar refractivity (Wildman–Crippen MR) is 125 cm³/mol. The number of nitrogens with one attached hydrogen (secondary N) is 2. The molecule has 0 aliphatic heterocycles. The van der Waals surface area contributed by atoms with E-state index in [4.69, 9.17) is 9.47 Å². The molecule has 0 heterocycles. The number of amides is 2. The third-order valence-corrected chi connectivity index (χ3v) is 4.67. The number of hydrogen-bond donors (Lipinski definition) is 2. The molecule has 1 atom stereocenters. The van der Waals surface area contributed by atoms with Gasteiger partial charge in [-0.05, 0) is 50.6 Å². The number of hydrogen-bond acceptors (Lipinski definition) is 4. The van der Waals surface area contributed by atoms with Gasteiger partial charge in [-0.1, -0.05) is 54.6 Å². The van der Waals surface area contributed by atoms with Crippen LogP contribution in [0.5, 0.6) is 11.5 Å². The van der Waals surface area contributed by atoms with E-state index in [9.17, 15) is 9.59 Å². The van der Waals surface area contributed by atoms with E-state index < -0.39 is 0 Å². The summed E-state index contributed by atoms with van der Waals surface area (Å²) in [5, 5.41) is 5.77. The summed E-state index contributed by atoms with van der Waals surface area (Å²) in [5.41, 5.74) is 1.90. The Bertz CT molecular complexity index is 1050. The van der Waals surface area contributed by atoms with E-state index in [0.29, 0.717) is 22.7 Å². The molecule has 0 aromatic heterocycles. The summed E-state index contributed by atoms with van der Waals surface area (Å²) >= 11 is 0. The molecule has 6 heteroatoms. The van der Waals surface area contributed by atoms with Crippen LogP contribution in [0.3, 0.4) is 0 Å². The van der Waals surface area contributed by atoms with Gasteiger partial charge in [0.2, 0.25) is 0 Å². The zero-order valence-electron chi connectivity index (χ0n) is 18.5. The number of benzene rings is 3. The van der Waals surface area contributed by atoms with E-state index in [0.717, 1.165) is 5.56 Å². The van der Waals surface area contributed by atoms with E-state index in [-0.39, 0.29) is 30.6 Å². The van der Waals surface area contributed by atoms with Crippen LogP contribution < -0.4 is 20.1 Å². The predicted octanol–water partition coefficient (Wildman–Crippen LogP) is 4.98. The molecule has 0 aliphatic carbocycles. The smallest absolute Gasteiger partial charge is 0.259 e. The number of para-hydroxylation sites is 3. The van der Waals surface area contributed by atoms with E-state index in [1.807, 2.05) is 63.2 Å². The van der Waals surface area contributed by atoms with E-state index in [1.165, 1.54) is 0 Å². The van der Waals surface area contributed by atoms with Gasteiger partial charge < -0.3 is 20.1 Å². The molecule has 0 aliphatic rings. The topological polar surface area (TPSA) is 76.7 Å². The number of ether oxygens (including phenoxy) is 2. The van der Waals surface area contributed by atoms with Crippen LogP contribution in [0.15, 0.2) is 78.9 Å². The van der Waals surface area contributed by atoms with Crippen molar-refractivity contribution in [1.29, 1.82) is 0 Å². The van der Waals surface area contributed by atoms with Crippen molar-refractivity contribution in [2.24, 2.45) is 0 Å². The Hall–Kier alpha value is -3.80. The lowest BCUT2D eigenvalue weighted by Crippen LogP contribution is -2.31. The fourth-order valence-electron chi connectivity index (χ4n) is 3.15. The minimum atomic E-state index is -0.349. The molecule has 0 spiro atoms. The summed E-state index contributed by atoms with van der Waals surface area (Å²) in [6.45, 7) is 5.55. The molecule has 32 heavy (non-hydrogen) atoms. The number of carbonyl (C=O) groups excluding carboxylic acids is 2. The van der Waals surface area contributed by atoms with Crippen molar-refractivity contribution in [2.45, 2.75) is 32.9 Å². The van der Waals surface area contributed by atoms with Gasteiger partial charge in [0.1, 0.15) is 11.5 Å². The molecule has 3 aromatic carbocycles. The molecule has 3 aromatic rings. The molecular weight excluding hydrogens is 404 g/mol. The summed E-state index contributed by atoms with van der Waals surface area (Å²) in [6.07, 6.45) is -0.0274. The highest BCUT2D eigenvalue weighted by atomic mass is 16.5. The van der Waals surface area contributed by atoms with Crippen LogP contribution in [0.2, 0.25) is 0 Å². The largest absolute Gasteiger partial charge is 0.489 e. The average Bonchev–Trinajstić information content (AvgIpc) is 2.79. The SMILES string of the molecule is CC(C)Oc1ccccc1NC(=O)c1ccccc1OCC(=O)N[C@H](C)c1ccccc1. The second-order valence-corrected chi connectivity index (χ2v) is 7.60. The standard InChI is InChI=1S/C26H28N2O4/c1-18(2)32-24-16-10-8-14-22(24)28-26(30)21-13-7-9-15-23(21)31-17-25(29)27-19(3)20-11-5-4-6-12-20/h4-16,18-19H,17H2,1-3H3,(H,27,29)(H,28,30)/t19-/m1/s1. The highest BCUT2D eigenvalue weighted by Crippen LogP contribution is 2.27. The third-order valence-electron chi connectivity index (χ3n) is 4.67. The van der Waals surface area contributed by atoms with E-state index >= 15 is 0 Å². The first-order valence-corrected chi connectivity index (χ1v) is 10.6. The minimum absolute atomic E-state index is 0.0274. The zero-order chi connectivity index (χ0) is 22.9. The molecule has 2 N–H and O–H groups in total. The number of carbonyl (C=O) groups is 2. The molecule has 166 valence electrons. The fourth-order valence-corrected chi connectivity index (χ4v) is 3.15. The van der Waals surface area contributed by atoms with E-state index in [1.54, 1.807) is 36.4 Å². The van der Waals surface area contributed by atoms with Crippen LogP contribution in [0, 0.1) is 0 Å². The molecule has 3 rings (SSSR count). The van der Waals surface area contributed by atoms with Gasteiger partial charge in [0, 0.05) is 0 Å². The van der Waals surface area contributed by atoms with Crippen molar-refractivity contribution >= 4 is 17.5 Å². The molecule has 0 saturated heterocycles. The Balaban J connectivity index is 1.64. The van der Waals surface area contributed by atoms with Gasteiger partial charge in [-0.2, -0.15) is 0 Å². The fraction of sp³-hybridized carbons (Fsp3) is 0.231. The van der Waals surface area contributed by atoms with Crippen LogP contribution in [0.1, 0.15) is 42.7 Å². The quantitative estimate of drug-likeness (QED) is 0.500. The van der Waals surface area contributed by atoms with Gasteiger partial charge in [0.25, 0.3) is 11.8 Å². The Morgan fingerprint density at radius 3 is 2.16 bits per heavy atom. The maximum absolute atomic E-state index is 12.9. The van der Waals surface area contributed by atoms with Crippen molar-refractivity contribution in [3.05, 3.63) is 90.0 Å². The molecular formula is C26H28N2O4. The highest BCUT2D eigenvalue weighted by molar-refractivity contribution is 6.06. The maximum atomic E-state index is 12.9. The van der Waals surface area contributed by atoms with Crippen LogP contribution in [-0.4, -0.2) is 24.5 Å². The molecule has 0 radical (unpaired) electrons. The maximum Gasteiger partial charge on any atom is 0.259 e. The Kier molecular flexibility index (Phi) is 7.86. The lowest BCUT2D eigenvalue weighted by molar-refractivity contribution is -0.123. The lowest BCUT2D eigenvalue weighted by atomic mass is 10.1. The third kappa shape index (κ3) is 6.35. The second-order valence-electron chi connectivity index (χ2n) is 7.60. The molecule has 2 amide bonds. The van der Waals surface area contributed by atoms with Crippen LogP contribution in [0.25, 0.3) is 0 Å². The normalized spacial score (nSPS) is 11.5. The molecule has 0 bridgehead atoms. The van der Waals surface area contributed by atoms with Gasteiger partial charge >= 0.3 is 0 Å². The van der Waals surface area contributed by atoms with Crippen LogP contribution in [0.4, 0.5) is 5.69 Å². The average molecular weight is 433 g/mol. The molecule has 0 saturated carbocycles. The van der Waals surface area contributed by atoms with E-state index in [2.05, 4.69) is 10.6 Å². The van der Waals surface area contributed by atoms with Gasteiger partial charge in [-0.3, -0.25) is 9.59 Å². The van der Waals surface area contributed by atoms with Crippen molar-refractivity contribution in [3.63, 3.8) is 0 Å². The van der Waals surface area contributed by atoms with Crippen molar-refractivity contribution in [1.82, 2.24) is 5.32 Å². The van der Waals surface area contributed by atoms with Gasteiger partial charge in [-0.15, -0.1) is 0 Å². The van der Waals surface area contributed by atoms with Gasteiger partial charge in [0.15, 0.2) is 6.61 Å². The first kappa shape index (κ1) is 22.9. The summed E-state index contributed by atoms with van der Waals surface area (Å²) < 4.78 is 11.5. The van der Waals surface area contributed by atoms with Crippen molar-refractivity contribution < 1.29 is 19.1 Å². The van der Waals surface area contributed by atoms with Crippen molar-refractivity contribution in [3.8, 4) is 11.5 Å². The summed E-state index contributed by atoms with van der Waals surface area (Å²) in [7, 11) is 0. The summed E-state index contributed by atoms with van der Waals surface area (Å²) in [5.74, 6) is 0.295. The van der Waals surface area contributed by atoms with Gasteiger partial charge in [-0.25, -0.2) is 0 Å². The Labute approximate surface area is 188 Å². The molecule has 0 unspecified atom stereocenters. The first-order chi connectivity index (χ1) is 15.4. The molecule has 0 fully saturated rings. The highest BCUT2D eigenvalue weighted by Gasteiger charge is 2.16. The Morgan fingerprint density at radius 1 is 0.812 bits per heavy atom. The van der Waals surface area contributed by atoms with Crippen molar-refractivity contribution in [2.75, 3.05) is 11.9 Å². The number of anilines is 1. The number of rotatable bonds is 9. The zero-order valence-corrected chi connectivity index (χ0v) is 18.5. The summed E-state index contributed by atoms with van der Waals surface area (Å²) in [6, 6.07) is 23.6. The minimum Gasteiger partial charge on any atom is -0.489 e. The molecule has 6 nitrogen and oxygen atoms in total. The monoisotopic (exact) mass is 432 g/mol. The van der Waals surface area contributed by atoms with Gasteiger partial charge in [0.05, 0.1) is 23.4 Å². The summed E-state index contributed by atoms with van der Waals surface area (Å²) in [4.78, 5) is 25.3. The van der Waals surface area contributed by atoms with Crippen LogP contribution >= 0.6 is 0 Å². The Morgan fingerprint density at radius 2 is 1.44 bits per heavy atom. The second kappa shape index (κ2) is 11.0. The lowest BCUT2D eigenvalue weighted by Gasteiger charge is -2.17. The first-order valence-electron chi connectivity index (χ1n) is 10.6. The van der Waals surface area contributed by atoms with Crippen LogP contribution in [-0.2, 0) is 4.79 Å².